The summed E-state index contributed by atoms with van der Waals surface area (Å²) in [5.41, 5.74) is 5.42. The molecule has 0 unspecified atom stereocenters. The van der Waals surface area contributed by atoms with Crippen molar-refractivity contribution in [3.63, 3.8) is 0 Å². The maximum Gasteiger partial charge on any atom is 0.196 e. The molecule has 0 radical (unpaired) electrons. The molecule has 0 N–H and O–H groups in total. The van der Waals surface area contributed by atoms with Gasteiger partial charge >= 0.3 is 0 Å². The molecule has 0 spiro atoms. The zero-order valence-corrected chi connectivity index (χ0v) is 14.5. The van der Waals surface area contributed by atoms with Crippen LogP contribution in [-0.4, -0.2) is 5.78 Å². The molecule has 0 saturated heterocycles. The lowest BCUT2D eigenvalue weighted by atomic mass is 9.96. The lowest BCUT2D eigenvalue weighted by molar-refractivity contribution is 0.104. The second kappa shape index (κ2) is 5.68. The molecule has 1 heterocycles. The third-order valence-electron chi connectivity index (χ3n) is 4.97. The molecule has 0 amide bonds. The third kappa shape index (κ3) is 2.25. The van der Waals surface area contributed by atoms with Gasteiger partial charge in [-0.15, -0.1) is 11.3 Å². The number of benzene rings is 3. The van der Waals surface area contributed by atoms with Gasteiger partial charge in [0, 0.05) is 31.7 Å². The first-order valence-electron chi connectivity index (χ1n) is 8.55. The number of aryl methyl sites for hydroxylation is 2. The van der Waals surface area contributed by atoms with Crippen molar-refractivity contribution in [3.8, 4) is 10.4 Å². The summed E-state index contributed by atoms with van der Waals surface area (Å²) >= 11 is 1.74. The normalized spacial score (nSPS) is 12.4. The number of thiophene rings is 1. The fourth-order valence-electron chi connectivity index (χ4n) is 3.78. The van der Waals surface area contributed by atoms with Gasteiger partial charge in [-0.1, -0.05) is 66.7 Å². The fraction of sp³-hybridized carbons (Fsp3) is 0.0870. The highest BCUT2D eigenvalue weighted by Gasteiger charge is 2.32. The number of hydrogen-bond donors (Lipinski definition) is 0. The number of carbonyl (C=O) groups excluding carboxylic acids is 1. The van der Waals surface area contributed by atoms with Crippen molar-refractivity contribution in [1.82, 2.24) is 0 Å². The summed E-state index contributed by atoms with van der Waals surface area (Å²) in [6.45, 7) is 0. The van der Waals surface area contributed by atoms with Crippen LogP contribution in [0.25, 0.3) is 20.5 Å². The largest absolute Gasteiger partial charge is 0.288 e. The zero-order chi connectivity index (χ0) is 16.8. The van der Waals surface area contributed by atoms with Crippen molar-refractivity contribution in [2.24, 2.45) is 0 Å². The highest BCUT2D eigenvalue weighted by molar-refractivity contribution is 7.23. The summed E-state index contributed by atoms with van der Waals surface area (Å²) < 4.78 is 1.20. The summed E-state index contributed by atoms with van der Waals surface area (Å²) in [5, 5.41) is 1.10. The summed E-state index contributed by atoms with van der Waals surface area (Å²) in [6.07, 6.45) is 1.85. The Hall–Kier alpha value is -2.71. The topological polar surface area (TPSA) is 17.1 Å². The lowest BCUT2D eigenvalue weighted by Crippen LogP contribution is -2.02. The van der Waals surface area contributed by atoms with Crippen molar-refractivity contribution in [2.75, 3.05) is 0 Å². The van der Waals surface area contributed by atoms with Crippen LogP contribution in [0.5, 0.6) is 0 Å². The molecule has 0 bridgehead atoms. The van der Waals surface area contributed by atoms with Gasteiger partial charge in [-0.2, -0.15) is 0 Å². The van der Waals surface area contributed by atoms with Crippen molar-refractivity contribution >= 4 is 27.2 Å². The molecule has 1 aliphatic rings. The fourth-order valence-corrected chi connectivity index (χ4v) is 5.01. The highest BCUT2D eigenvalue weighted by Crippen LogP contribution is 2.47. The predicted molar refractivity (Wildman–Crippen MR) is 105 cm³/mol. The molecule has 1 aliphatic carbocycles. The molecule has 120 valence electrons. The average Bonchev–Trinajstić information content (AvgIpc) is 3.17. The SMILES string of the molecule is O=C1c2c(CCc3ccccc3)cccc2-c2sc3ccccc3c21. The van der Waals surface area contributed by atoms with E-state index < -0.39 is 0 Å². The van der Waals surface area contributed by atoms with E-state index in [1.165, 1.54) is 15.8 Å². The van der Waals surface area contributed by atoms with E-state index in [1.807, 2.05) is 18.2 Å². The van der Waals surface area contributed by atoms with Gasteiger partial charge in [0.15, 0.2) is 5.78 Å². The molecule has 1 nitrogen and oxygen atoms in total. The van der Waals surface area contributed by atoms with Gasteiger partial charge in [-0.05, 0) is 30.0 Å². The molecule has 0 saturated carbocycles. The van der Waals surface area contributed by atoms with Gasteiger partial charge < -0.3 is 0 Å². The van der Waals surface area contributed by atoms with Crippen LogP contribution in [0.15, 0.2) is 72.8 Å². The van der Waals surface area contributed by atoms with E-state index in [2.05, 4.69) is 54.6 Å². The molecule has 1 aromatic heterocycles. The van der Waals surface area contributed by atoms with Crippen LogP contribution in [0.3, 0.4) is 0 Å². The Balaban J connectivity index is 1.58. The first kappa shape index (κ1) is 14.6. The van der Waals surface area contributed by atoms with Gasteiger partial charge in [-0.3, -0.25) is 4.79 Å². The predicted octanol–water partition coefficient (Wildman–Crippen LogP) is 5.90. The summed E-state index contributed by atoms with van der Waals surface area (Å²) in [7, 11) is 0. The van der Waals surface area contributed by atoms with Crippen molar-refractivity contribution in [2.45, 2.75) is 12.8 Å². The summed E-state index contributed by atoms with van der Waals surface area (Å²) in [5.74, 6) is 0.200. The minimum absolute atomic E-state index is 0.200. The van der Waals surface area contributed by atoms with E-state index in [0.717, 1.165) is 39.8 Å². The van der Waals surface area contributed by atoms with Crippen LogP contribution < -0.4 is 0 Å². The highest BCUT2D eigenvalue weighted by atomic mass is 32.1. The van der Waals surface area contributed by atoms with Crippen LogP contribution >= 0.6 is 11.3 Å². The Labute approximate surface area is 150 Å². The molecular weight excluding hydrogens is 324 g/mol. The van der Waals surface area contributed by atoms with Crippen molar-refractivity contribution in [1.29, 1.82) is 0 Å². The lowest BCUT2D eigenvalue weighted by Gasteiger charge is -2.08. The van der Waals surface area contributed by atoms with Gasteiger partial charge in [0.1, 0.15) is 0 Å². The summed E-state index contributed by atoms with van der Waals surface area (Å²) in [4.78, 5) is 14.3. The number of ketones is 1. The molecule has 3 aromatic carbocycles. The molecule has 0 fully saturated rings. The molecular formula is C23H16OS. The van der Waals surface area contributed by atoms with Gasteiger partial charge in [0.05, 0.1) is 0 Å². The molecule has 5 rings (SSSR count). The Bertz CT molecular complexity index is 1110. The smallest absolute Gasteiger partial charge is 0.196 e. The van der Waals surface area contributed by atoms with E-state index in [1.54, 1.807) is 11.3 Å². The second-order valence-electron chi connectivity index (χ2n) is 6.46. The van der Waals surface area contributed by atoms with Gasteiger partial charge in [0.25, 0.3) is 0 Å². The minimum atomic E-state index is 0.200. The van der Waals surface area contributed by atoms with Crippen LogP contribution in [0.1, 0.15) is 27.0 Å². The zero-order valence-electron chi connectivity index (χ0n) is 13.7. The standard InChI is InChI=1S/C23H16OS/c24-22-20-16(14-13-15-7-2-1-3-8-15)9-6-11-18(20)23-21(22)17-10-4-5-12-19(17)25-23/h1-12H,13-14H2. The Morgan fingerprint density at radius 3 is 2.40 bits per heavy atom. The minimum Gasteiger partial charge on any atom is -0.288 e. The van der Waals surface area contributed by atoms with Crippen LogP contribution in [0.4, 0.5) is 0 Å². The molecule has 4 aromatic rings. The third-order valence-corrected chi connectivity index (χ3v) is 6.17. The molecule has 0 atom stereocenters. The van der Waals surface area contributed by atoms with E-state index in [-0.39, 0.29) is 5.78 Å². The average molecular weight is 340 g/mol. The number of hydrogen-bond acceptors (Lipinski definition) is 2. The van der Waals surface area contributed by atoms with E-state index in [4.69, 9.17) is 0 Å². The first-order chi connectivity index (χ1) is 12.3. The van der Waals surface area contributed by atoms with Gasteiger partial charge in [-0.25, -0.2) is 0 Å². The quantitative estimate of drug-likeness (QED) is 0.400. The van der Waals surface area contributed by atoms with Crippen LogP contribution in [0, 0.1) is 0 Å². The van der Waals surface area contributed by atoms with E-state index >= 15 is 0 Å². The van der Waals surface area contributed by atoms with E-state index in [9.17, 15) is 4.79 Å². The Kier molecular flexibility index (Phi) is 3.32. The van der Waals surface area contributed by atoms with Crippen molar-refractivity contribution in [3.05, 3.63) is 95.1 Å². The Morgan fingerprint density at radius 1 is 0.720 bits per heavy atom. The number of carbonyl (C=O) groups is 1. The van der Waals surface area contributed by atoms with Crippen LogP contribution in [0.2, 0.25) is 0 Å². The molecule has 0 aliphatic heterocycles. The molecule has 2 heteroatoms. The van der Waals surface area contributed by atoms with E-state index in [0.29, 0.717) is 0 Å². The Morgan fingerprint density at radius 2 is 1.52 bits per heavy atom. The number of rotatable bonds is 3. The monoisotopic (exact) mass is 340 g/mol. The molecule has 25 heavy (non-hydrogen) atoms. The summed E-state index contributed by atoms with van der Waals surface area (Å²) in [6, 6.07) is 25.0. The number of fused-ring (bicyclic) bond motifs is 5. The van der Waals surface area contributed by atoms with Crippen molar-refractivity contribution < 1.29 is 4.79 Å². The maximum absolute atomic E-state index is 13.2. The first-order valence-corrected chi connectivity index (χ1v) is 9.37. The maximum atomic E-state index is 13.2. The second-order valence-corrected chi connectivity index (χ2v) is 7.51. The van der Waals surface area contributed by atoms with Gasteiger partial charge in [0.2, 0.25) is 0 Å². The van der Waals surface area contributed by atoms with Crippen LogP contribution in [-0.2, 0) is 12.8 Å².